The maximum atomic E-state index is 4.45. The van der Waals surface area contributed by atoms with Crippen LogP contribution in [0.5, 0.6) is 0 Å². The molecule has 0 fully saturated rings. The molecule has 0 spiro atoms. The highest BCUT2D eigenvalue weighted by Gasteiger charge is 2.22. The second-order valence-corrected chi connectivity index (χ2v) is 5.12. The summed E-state index contributed by atoms with van der Waals surface area (Å²) in [6.07, 6.45) is 5.10. The summed E-state index contributed by atoms with van der Waals surface area (Å²) in [4.78, 5) is 4.45. The topological polar surface area (TPSA) is 16.8 Å². The summed E-state index contributed by atoms with van der Waals surface area (Å²) in [7, 11) is 0. The molecule has 0 radical (unpaired) electrons. The molecular formula is C18H15N2+. The number of nitrogens with zero attached hydrogens (tertiary/aromatic N) is 2. The Labute approximate surface area is 118 Å². The Hall–Kier alpha value is -2.48. The van der Waals surface area contributed by atoms with Gasteiger partial charge >= 0.3 is 0 Å². The van der Waals surface area contributed by atoms with Crippen LogP contribution in [0.2, 0.25) is 0 Å². The Bertz CT molecular complexity index is 763. The molecule has 0 saturated heterocycles. The summed E-state index contributed by atoms with van der Waals surface area (Å²) in [5, 5.41) is 0. The Kier molecular flexibility index (Phi) is 2.59. The second kappa shape index (κ2) is 4.57. The van der Waals surface area contributed by atoms with E-state index >= 15 is 0 Å². The van der Waals surface area contributed by atoms with Crippen molar-refractivity contribution in [1.82, 2.24) is 4.98 Å². The summed E-state index contributed by atoms with van der Waals surface area (Å²) in [5.74, 6) is 0. The van der Waals surface area contributed by atoms with Crippen molar-refractivity contribution in [3.63, 3.8) is 0 Å². The van der Waals surface area contributed by atoms with Crippen molar-refractivity contribution in [1.29, 1.82) is 0 Å². The molecule has 0 unspecified atom stereocenters. The van der Waals surface area contributed by atoms with Gasteiger partial charge in [0, 0.05) is 30.3 Å². The molecule has 0 N–H and O–H groups in total. The zero-order valence-corrected chi connectivity index (χ0v) is 11.2. The van der Waals surface area contributed by atoms with E-state index in [1.165, 1.54) is 22.4 Å². The molecule has 3 heterocycles. The lowest BCUT2D eigenvalue weighted by Gasteiger charge is -2.15. The first-order chi connectivity index (χ1) is 9.92. The minimum absolute atomic E-state index is 1.03. The van der Waals surface area contributed by atoms with Crippen molar-refractivity contribution in [3.05, 3.63) is 72.6 Å². The van der Waals surface area contributed by atoms with E-state index in [-0.39, 0.29) is 0 Å². The van der Waals surface area contributed by atoms with Crippen LogP contribution in [0.15, 0.2) is 67.0 Å². The van der Waals surface area contributed by atoms with Crippen LogP contribution in [-0.4, -0.2) is 4.98 Å². The molecule has 2 heteroatoms. The van der Waals surface area contributed by atoms with Crippen LogP contribution in [0.3, 0.4) is 0 Å². The molecular weight excluding hydrogens is 244 g/mol. The van der Waals surface area contributed by atoms with E-state index in [0.717, 1.165) is 18.7 Å². The fourth-order valence-corrected chi connectivity index (χ4v) is 2.88. The van der Waals surface area contributed by atoms with Crippen LogP contribution in [0.4, 0.5) is 0 Å². The first kappa shape index (κ1) is 11.4. The van der Waals surface area contributed by atoms with Gasteiger partial charge in [0.05, 0.1) is 11.3 Å². The largest absolute Gasteiger partial charge is 0.256 e. The maximum Gasteiger partial charge on any atom is 0.212 e. The summed E-state index contributed by atoms with van der Waals surface area (Å²) < 4.78 is 2.32. The van der Waals surface area contributed by atoms with Crippen LogP contribution in [-0.2, 0) is 13.0 Å². The van der Waals surface area contributed by atoms with Gasteiger partial charge in [0.1, 0.15) is 0 Å². The molecule has 2 nitrogen and oxygen atoms in total. The van der Waals surface area contributed by atoms with E-state index in [1.54, 1.807) is 0 Å². The molecule has 1 aliphatic rings. The van der Waals surface area contributed by atoms with Crippen LogP contribution in [0.1, 0.15) is 5.56 Å². The molecule has 2 aromatic heterocycles. The Balaban J connectivity index is 1.90. The highest BCUT2D eigenvalue weighted by atomic mass is 15.0. The van der Waals surface area contributed by atoms with E-state index in [4.69, 9.17) is 0 Å². The van der Waals surface area contributed by atoms with Gasteiger partial charge in [-0.05, 0) is 29.8 Å². The van der Waals surface area contributed by atoms with Crippen molar-refractivity contribution in [2.24, 2.45) is 0 Å². The van der Waals surface area contributed by atoms with E-state index in [2.05, 4.69) is 58.2 Å². The number of rotatable bonds is 1. The fourth-order valence-electron chi connectivity index (χ4n) is 2.88. The van der Waals surface area contributed by atoms with Gasteiger partial charge in [0.25, 0.3) is 0 Å². The number of hydrogen-bond donors (Lipinski definition) is 0. The average Bonchev–Trinajstić information content (AvgIpc) is 2.55. The highest BCUT2D eigenvalue weighted by molar-refractivity contribution is 5.71. The molecule has 0 bridgehead atoms. The second-order valence-electron chi connectivity index (χ2n) is 5.12. The molecule has 3 aromatic rings. The first-order valence-corrected chi connectivity index (χ1v) is 6.95. The van der Waals surface area contributed by atoms with Gasteiger partial charge < -0.3 is 0 Å². The van der Waals surface area contributed by atoms with Crippen LogP contribution in [0.25, 0.3) is 22.5 Å². The molecule has 1 aromatic carbocycles. The summed E-state index contributed by atoms with van der Waals surface area (Å²) in [6.45, 7) is 1.06. The number of fused-ring (bicyclic) bond motifs is 3. The van der Waals surface area contributed by atoms with Gasteiger partial charge in [-0.1, -0.05) is 18.2 Å². The van der Waals surface area contributed by atoms with Gasteiger partial charge in [0.15, 0.2) is 12.7 Å². The number of benzene rings is 1. The molecule has 0 atom stereocenters. The molecule has 0 aliphatic carbocycles. The van der Waals surface area contributed by atoms with Gasteiger partial charge in [-0.2, -0.15) is 4.57 Å². The van der Waals surface area contributed by atoms with Crippen LogP contribution in [0, 0.1) is 0 Å². The van der Waals surface area contributed by atoms with Gasteiger partial charge in [-0.25, -0.2) is 0 Å². The third-order valence-electron chi connectivity index (χ3n) is 3.91. The smallest absolute Gasteiger partial charge is 0.212 e. The minimum atomic E-state index is 1.03. The third-order valence-corrected chi connectivity index (χ3v) is 3.91. The Morgan fingerprint density at radius 2 is 1.90 bits per heavy atom. The molecule has 4 rings (SSSR count). The van der Waals surface area contributed by atoms with E-state index < -0.39 is 0 Å². The number of aromatic nitrogens is 2. The van der Waals surface area contributed by atoms with Gasteiger partial charge in [-0.3, -0.25) is 4.98 Å². The molecule has 0 amide bonds. The van der Waals surface area contributed by atoms with E-state index in [1.807, 2.05) is 18.3 Å². The van der Waals surface area contributed by atoms with Crippen LogP contribution < -0.4 is 4.57 Å². The zero-order valence-electron chi connectivity index (χ0n) is 11.2. The predicted molar refractivity (Wildman–Crippen MR) is 79.0 cm³/mol. The fraction of sp³-hybridized carbons (Fsp3) is 0.111. The van der Waals surface area contributed by atoms with Crippen molar-refractivity contribution in [3.8, 4) is 22.5 Å². The van der Waals surface area contributed by atoms with E-state index in [0.29, 0.717) is 0 Å². The Morgan fingerprint density at radius 1 is 0.950 bits per heavy atom. The lowest BCUT2D eigenvalue weighted by Crippen LogP contribution is -2.39. The van der Waals surface area contributed by atoms with Gasteiger partial charge in [0.2, 0.25) is 5.69 Å². The van der Waals surface area contributed by atoms with Gasteiger partial charge in [-0.15, -0.1) is 0 Å². The quantitative estimate of drug-likeness (QED) is 0.613. The SMILES string of the molecule is c1ccc(-c2ccc3c(c2)-c2cccc[n+]2CC3)nc1. The molecule has 1 aliphatic heterocycles. The summed E-state index contributed by atoms with van der Waals surface area (Å²) in [5.41, 5.74) is 6.27. The molecule has 96 valence electrons. The predicted octanol–water partition coefficient (Wildman–Crippen LogP) is 3.26. The standard InChI is InChI=1S/C18H15N2/c1-3-10-19-17(5-1)15-8-7-14-9-12-20-11-4-2-6-18(20)16(14)13-15/h1-8,10-11,13H,9,12H2/q+1. The third kappa shape index (κ3) is 1.81. The number of pyridine rings is 2. The zero-order chi connectivity index (χ0) is 13.4. The molecule has 0 saturated carbocycles. The highest BCUT2D eigenvalue weighted by Crippen LogP contribution is 2.29. The number of aryl methyl sites for hydroxylation is 2. The van der Waals surface area contributed by atoms with Crippen LogP contribution >= 0.6 is 0 Å². The normalized spacial score (nSPS) is 12.6. The maximum absolute atomic E-state index is 4.45. The lowest BCUT2D eigenvalue weighted by molar-refractivity contribution is -0.687. The van der Waals surface area contributed by atoms with Crippen molar-refractivity contribution in [2.75, 3.05) is 0 Å². The summed E-state index contributed by atoms with van der Waals surface area (Å²) >= 11 is 0. The Morgan fingerprint density at radius 3 is 2.80 bits per heavy atom. The van der Waals surface area contributed by atoms with Crippen molar-refractivity contribution < 1.29 is 4.57 Å². The molecule has 20 heavy (non-hydrogen) atoms. The lowest BCUT2D eigenvalue weighted by atomic mass is 9.94. The van der Waals surface area contributed by atoms with Crippen molar-refractivity contribution >= 4 is 0 Å². The van der Waals surface area contributed by atoms with Crippen molar-refractivity contribution in [2.45, 2.75) is 13.0 Å². The monoisotopic (exact) mass is 259 g/mol. The minimum Gasteiger partial charge on any atom is -0.256 e. The summed E-state index contributed by atoms with van der Waals surface area (Å²) in [6, 6.07) is 19.1. The number of hydrogen-bond acceptors (Lipinski definition) is 1. The average molecular weight is 259 g/mol. The first-order valence-electron chi connectivity index (χ1n) is 6.95. The van der Waals surface area contributed by atoms with E-state index in [9.17, 15) is 0 Å².